The average molecular weight is 380 g/mol. The molecule has 0 radical (unpaired) electrons. The summed E-state index contributed by atoms with van der Waals surface area (Å²) in [6.45, 7) is 5.92. The van der Waals surface area contributed by atoms with Gasteiger partial charge < -0.3 is 16.0 Å². The van der Waals surface area contributed by atoms with E-state index in [0.29, 0.717) is 5.69 Å². The van der Waals surface area contributed by atoms with E-state index in [1.54, 1.807) is 0 Å². The van der Waals surface area contributed by atoms with Crippen molar-refractivity contribution in [2.24, 2.45) is 0 Å². The number of nitrogens with one attached hydrogen (secondary N) is 3. The fraction of sp³-hybridized carbons (Fsp3) is 0.222. The number of carbonyl (C=O) groups is 1. The molecule has 0 aromatic heterocycles. The molecule has 132 valence electrons. The smallest absolute Gasteiger partial charge is 0.243 e. The fourth-order valence-corrected chi connectivity index (χ4v) is 2.84. The second-order valence-electron chi connectivity index (χ2n) is 5.76. The Bertz CT molecular complexity index is 803. The van der Waals surface area contributed by atoms with Gasteiger partial charge in [0.1, 0.15) is 5.82 Å². The van der Waals surface area contributed by atoms with Gasteiger partial charge in [0.25, 0.3) is 0 Å². The first-order valence-corrected chi connectivity index (χ1v) is 8.42. The number of benzene rings is 2. The number of aryl methyl sites for hydroxylation is 3. The van der Waals surface area contributed by atoms with Gasteiger partial charge in [0.2, 0.25) is 5.91 Å². The lowest BCUT2D eigenvalue weighted by molar-refractivity contribution is -0.115. The van der Waals surface area contributed by atoms with Crippen LogP contribution in [0.3, 0.4) is 0 Å². The third-order valence-electron chi connectivity index (χ3n) is 3.53. The molecule has 0 saturated carbocycles. The van der Waals surface area contributed by atoms with Crippen molar-refractivity contribution in [3.8, 4) is 0 Å². The molecular weight excluding hydrogens is 361 g/mol. The molecule has 0 bridgehead atoms. The summed E-state index contributed by atoms with van der Waals surface area (Å²) >= 11 is 10.8. The number of carbonyl (C=O) groups excluding carboxylic acids is 1. The SMILES string of the molecule is Cc1cc(C)c(NC(=O)CNC(=S)Nc2ccc(F)c(Cl)c2)c(C)c1. The average Bonchev–Trinajstić information content (AvgIpc) is 2.52. The highest BCUT2D eigenvalue weighted by Gasteiger charge is 2.09. The van der Waals surface area contributed by atoms with Crippen molar-refractivity contribution < 1.29 is 9.18 Å². The second-order valence-corrected chi connectivity index (χ2v) is 6.57. The fourth-order valence-electron chi connectivity index (χ4n) is 2.47. The van der Waals surface area contributed by atoms with Gasteiger partial charge >= 0.3 is 0 Å². The molecule has 4 nitrogen and oxygen atoms in total. The summed E-state index contributed by atoms with van der Waals surface area (Å²) in [4.78, 5) is 12.1. The van der Waals surface area contributed by atoms with E-state index in [1.807, 2.05) is 32.9 Å². The Labute approximate surface area is 156 Å². The largest absolute Gasteiger partial charge is 0.353 e. The molecule has 0 aliphatic heterocycles. The maximum Gasteiger partial charge on any atom is 0.243 e. The Morgan fingerprint density at radius 1 is 1.12 bits per heavy atom. The predicted octanol–water partition coefficient (Wildman–Crippen LogP) is 4.33. The Hall–Kier alpha value is -2.18. The van der Waals surface area contributed by atoms with E-state index in [-0.39, 0.29) is 22.6 Å². The van der Waals surface area contributed by atoms with Crippen LogP contribution in [0.15, 0.2) is 30.3 Å². The molecule has 0 fully saturated rings. The summed E-state index contributed by atoms with van der Waals surface area (Å²) in [7, 11) is 0. The highest BCUT2D eigenvalue weighted by Crippen LogP contribution is 2.22. The third kappa shape index (κ3) is 5.41. The van der Waals surface area contributed by atoms with Gasteiger partial charge in [-0.2, -0.15) is 0 Å². The van der Waals surface area contributed by atoms with Crippen molar-refractivity contribution in [3.05, 3.63) is 57.9 Å². The van der Waals surface area contributed by atoms with E-state index in [2.05, 4.69) is 16.0 Å². The lowest BCUT2D eigenvalue weighted by atomic mass is 10.1. The van der Waals surface area contributed by atoms with Gasteiger partial charge in [-0.05, 0) is 62.3 Å². The Morgan fingerprint density at radius 2 is 1.76 bits per heavy atom. The predicted molar refractivity (Wildman–Crippen MR) is 105 cm³/mol. The number of hydrogen-bond donors (Lipinski definition) is 3. The molecule has 0 spiro atoms. The van der Waals surface area contributed by atoms with E-state index >= 15 is 0 Å². The lowest BCUT2D eigenvalue weighted by Crippen LogP contribution is -2.35. The molecular formula is C18H19ClFN3OS. The highest BCUT2D eigenvalue weighted by molar-refractivity contribution is 7.80. The standard InChI is InChI=1S/C18H19ClFN3OS/c1-10-6-11(2)17(12(3)7-10)23-16(24)9-21-18(25)22-13-4-5-15(20)14(19)8-13/h4-8H,9H2,1-3H3,(H,23,24)(H2,21,22,25). The van der Waals surface area contributed by atoms with Crippen LogP contribution in [-0.2, 0) is 4.79 Å². The lowest BCUT2D eigenvalue weighted by Gasteiger charge is -2.14. The summed E-state index contributed by atoms with van der Waals surface area (Å²) in [5, 5.41) is 8.78. The van der Waals surface area contributed by atoms with Gasteiger partial charge in [0, 0.05) is 11.4 Å². The first-order chi connectivity index (χ1) is 11.8. The van der Waals surface area contributed by atoms with E-state index < -0.39 is 5.82 Å². The number of halogens is 2. The van der Waals surface area contributed by atoms with Crippen molar-refractivity contribution >= 4 is 46.2 Å². The van der Waals surface area contributed by atoms with Crippen LogP contribution in [0.5, 0.6) is 0 Å². The normalized spacial score (nSPS) is 10.3. The maximum atomic E-state index is 13.1. The molecule has 3 N–H and O–H groups in total. The van der Waals surface area contributed by atoms with Crippen molar-refractivity contribution in [1.82, 2.24) is 5.32 Å². The molecule has 1 amide bonds. The molecule has 0 aliphatic carbocycles. The molecule has 2 aromatic carbocycles. The van der Waals surface area contributed by atoms with Gasteiger partial charge in [-0.15, -0.1) is 0 Å². The number of anilines is 2. The van der Waals surface area contributed by atoms with E-state index in [1.165, 1.54) is 18.2 Å². The van der Waals surface area contributed by atoms with Gasteiger partial charge in [-0.25, -0.2) is 4.39 Å². The minimum Gasteiger partial charge on any atom is -0.353 e. The summed E-state index contributed by atoms with van der Waals surface area (Å²) in [5.41, 5.74) is 4.51. The van der Waals surface area contributed by atoms with Crippen molar-refractivity contribution in [2.45, 2.75) is 20.8 Å². The Balaban J connectivity index is 1.89. The summed E-state index contributed by atoms with van der Waals surface area (Å²) in [5.74, 6) is -0.717. The van der Waals surface area contributed by atoms with E-state index in [0.717, 1.165) is 22.4 Å². The molecule has 0 aliphatic rings. The van der Waals surface area contributed by atoms with Crippen LogP contribution in [-0.4, -0.2) is 17.6 Å². The van der Waals surface area contributed by atoms with Gasteiger partial charge in [0.05, 0.1) is 11.6 Å². The number of amides is 1. The quantitative estimate of drug-likeness (QED) is 0.692. The zero-order valence-corrected chi connectivity index (χ0v) is 15.7. The molecule has 7 heteroatoms. The van der Waals surface area contributed by atoms with Crippen LogP contribution in [0.25, 0.3) is 0 Å². The number of hydrogen-bond acceptors (Lipinski definition) is 2. The molecule has 25 heavy (non-hydrogen) atoms. The van der Waals surface area contributed by atoms with Crippen LogP contribution in [0.2, 0.25) is 5.02 Å². The third-order valence-corrected chi connectivity index (χ3v) is 4.06. The van der Waals surface area contributed by atoms with Crippen LogP contribution in [0, 0.1) is 26.6 Å². The molecule has 0 heterocycles. The number of rotatable bonds is 4. The zero-order valence-electron chi connectivity index (χ0n) is 14.2. The first kappa shape index (κ1) is 19.1. The van der Waals surface area contributed by atoms with Crippen molar-refractivity contribution in [1.29, 1.82) is 0 Å². The minimum atomic E-state index is -0.505. The molecule has 0 unspecified atom stereocenters. The van der Waals surface area contributed by atoms with E-state index in [4.69, 9.17) is 23.8 Å². The number of thiocarbonyl (C=S) groups is 1. The Morgan fingerprint density at radius 3 is 2.36 bits per heavy atom. The van der Waals surface area contributed by atoms with Gasteiger partial charge in [-0.1, -0.05) is 29.3 Å². The minimum absolute atomic E-state index is 0.00383. The maximum absolute atomic E-state index is 13.1. The van der Waals surface area contributed by atoms with Gasteiger partial charge in [0.15, 0.2) is 5.11 Å². The molecule has 2 rings (SSSR count). The monoisotopic (exact) mass is 379 g/mol. The molecule has 0 saturated heterocycles. The summed E-state index contributed by atoms with van der Waals surface area (Å²) in [6, 6.07) is 8.20. The van der Waals surface area contributed by atoms with Crippen LogP contribution < -0.4 is 16.0 Å². The second kappa shape index (κ2) is 8.27. The summed E-state index contributed by atoms with van der Waals surface area (Å²) < 4.78 is 13.1. The highest BCUT2D eigenvalue weighted by atomic mass is 35.5. The van der Waals surface area contributed by atoms with Crippen LogP contribution in [0.4, 0.5) is 15.8 Å². The molecule has 2 aromatic rings. The molecule has 0 atom stereocenters. The van der Waals surface area contributed by atoms with Crippen LogP contribution >= 0.6 is 23.8 Å². The van der Waals surface area contributed by atoms with E-state index in [9.17, 15) is 9.18 Å². The van der Waals surface area contributed by atoms with Crippen LogP contribution in [0.1, 0.15) is 16.7 Å². The van der Waals surface area contributed by atoms with Crippen molar-refractivity contribution in [2.75, 3.05) is 17.2 Å². The topological polar surface area (TPSA) is 53.2 Å². The summed E-state index contributed by atoms with van der Waals surface area (Å²) in [6.07, 6.45) is 0. The first-order valence-electron chi connectivity index (χ1n) is 7.64. The van der Waals surface area contributed by atoms with Crippen molar-refractivity contribution in [3.63, 3.8) is 0 Å². The zero-order chi connectivity index (χ0) is 18.6. The van der Waals surface area contributed by atoms with Gasteiger partial charge in [-0.3, -0.25) is 4.79 Å². The Kier molecular flexibility index (Phi) is 6.33.